The molecule has 1 aliphatic heterocycles. The highest BCUT2D eigenvalue weighted by molar-refractivity contribution is 7.53. The van der Waals surface area contributed by atoms with E-state index in [9.17, 15) is 9.67 Å². The number of ether oxygens (including phenoxy) is 5. The highest BCUT2D eigenvalue weighted by Gasteiger charge is 2.59. The van der Waals surface area contributed by atoms with Crippen LogP contribution in [0.3, 0.4) is 0 Å². The third kappa shape index (κ3) is 9.90. The summed E-state index contributed by atoms with van der Waals surface area (Å²) in [6, 6.07) is 38.8. The number of hydrogen-bond donors (Lipinski definition) is 1. The van der Waals surface area contributed by atoms with E-state index in [1.54, 1.807) is 0 Å². The Labute approximate surface area is 276 Å². The average molecular weight is 663 g/mol. The molecule has 4 aromatic carbocycles. The number of aliphatic hydroxyl groups is 1. The molecule has 1 aliphatic rings. The third-order valence-electron chi connectivity index (χ3n) is 8.00. The van der Waals surface area contributed by atoms with Gasteiger partial charge in [-0.2, -0.15) is 0 Å². The molecule has 1 saturated heterocycles. The van der Waals surface area contributed by atoms with Crippen molar-refractivity contribution in [2.75, 3.05) is 27.0 Å². The van der Waals surface area contributed by atoms with Crippen LogP contribution in [-0.4, -0.2) is 62.3 Å². The Hall–Kier alpha value is -3.21. The van der Waals surface area contributed by atoms with Gasteiger partial charge in [-0.15, -0.1) is 0 Å². The maximum Gasteiger partial charge on any atom is 0.335 e. The van der Waals surface area contributed by atoms with Gasteiger partial charge in [-0.1, -0.05) is 121 Å². The summed E-state index contributed by atoms with van der Waals surface area (Å²) < 4.78 is 56.4. The minimum atomic E-state index is -3.83. The maximum absolute atomic E-state index is 13.6. The molecule has 1 heterocycles. The summed E-state index contributed by atoms with van der Waals surface area (Å²) in [5.74, 6) is -2.18. The van der Waals surface area contributed by atoms with E-state index in [0.29, 0.717) is 6.61 Å². The van der Waals surface area contributed by atoms with Crippen molar-refractivity contribution >= 4 is 7.60 Å². The molecule has 1 N–H and O–H groups in total. The second kappa shape index (κ2) is 17.3. The van der Waals surface area contributed by atoms with Crippen LogP contribution in [0.25, 0.3) is 0 Å². The van der Waals surface area contributed by atoms with Gasteiger partial charge in [-0.05, 0) is 22.3 Å². The lowest BCUT2D eigenvalue weighted by Gasteiger charge is -2.50. The number of rotatable bonds is 17. The van der Waals surface area contributed by atoms with Crippen LogP contribution in [0, 0.1) is 0 Å². The molecule has 1 fully saturated rings. The fourth-order valence-electron chi connectivity index (χ4n) is 5.54. The first-order valence-electron chi connectivity index (χ1n) is 15.6. The van der Waals surface area contributed by atoms with E-state index in [1.165, 1.54) is 14.2 Å². The number of hydrogen-bond acceptors (Lipinski definition) is 9. The van der Waals surface area contributed by atoms with Crippen LogP contribution in [0.2, 0.25) is 0 Å². The van der Waals surface area contributed by atoms with Crippen molar-refractivity contribution in [2.24, 2.45) is 0 Å². The SMILES string of the molecule is COP(=O)(C[C@]1(O)O[C@H](COCc2ccccc2)[C@@H](OCc2ccccc2)[C@H](OCc2ccccc2)[C@@H]1OCc1ccccc1)OC. The van der Waals surface area contributed by atoms with Crippen molar-refractivity contribution in [3.63, 3.8) is 0 Å². The summed E-state index contributed by atoms with van der Waals surface area (Å²) in [5, 5.41) is 12.4. The Morgan fingerprint density at radius 2 is 1.02 bits per heavy atom. The van der Waals surface area contributed by atoms with Gasteiger partial charge >= 0.3 is 7.60 Å². The Kier molecular flexibility index (Phi) is 12.9. The van der Waals surface area contributed by atoms with Crippen LogP contribution in [0.4, 0.5) is 0 Å². The lowest BCUT2D eigenvalue weighted by Crippen LogP contribution is -2.68. The first kappa shape index (κ1) is 35.1. The highest BCUT2D eigenvalue weighted by Crippen LogP contribution is 2.52. The second-order valence-corrected chi connectivity index (χ2v) is 13.6. The molecule has 0 bridgehead atoms. The molecule has 0 aromatic heterocycles. The zero-order valence-electron chi connectivity index (χ0n) is 26.8. The molecule has 0 radical (unpaired) electrons. The molecule has 5 atom stereocenters. The molecular formula is C37H43O9P. The van der Waals surface area contributed by atoms with Crippen molar-refractivity contribution in [2.45, 2.75) is 56.6 Å². The molecular weight excluding hydrogens is 619 g/mol. The minimum absolute atomic E-state index is 0.0392. The first-order chi connectivity index (χ1) is 22.9. The van der Waals surface area contributed by atoms with Gasteiger partial charge in [0.05, 0.1) is 33.0 Å². The Morgan fingerprint density at radius 1 is 0.617 bits per heavy atom. The lowest BCUT2D eigenvalue weighted by molar-refractivity contribution is -0.362. The van der Waals surface area contributed by atoms with Crippen LogP contribution in [0.5, 0.6) is 0 Å². The summed E-state index contributed by atoms with van der Waals surface area (Å²) in [5.41, 5.74) is 3.71. The fourth-order valence-corrected chi connectivity index (χ4v) is 6.76. The zero-order valence-corrected chi connectivity index (χ0v) is 27.7. The van der Waals surface area contributed by atoms with Crippen molar-refractivity contribution < 1.29 is 42.4 Å². The van der Waals surface area contributed by atoms with E-state index in [1.807, 2.05) is 121 Å². The maximum atomic E-state index is 13.6. The van der Waals surface area contributed by atoms with Crippen LogP contribution in [-0.2, 0) is 63.7 Å². The Bertz CT molecular complexity index is 1500. The van der Waals surface area contributed by atoms with Crippen molar-refractivity contribution in [1.29, 1.82) is 0 Å². The molecule has 0 amide bonds. The Balaban J connectivity index is 1.51. The quantitative estimate of drug-likeness (QED) is 0.126. The summed E-state index contributed by atoms with van der Waals surface area (Å²) >= 11 is 0. The molecule has 4 aromatic rings. The van der Waals surface area contributed by atoms with Crippen molar-refractivity contribution in [3.8, 4) is 0 Å². The van der Waals surface area contributed by atoms with Gasteiger partial charge in [0.15, 0.2) is 0 Å². The smallest absolute Gasteiger partial charge is 0.335 e. The molecule has 0 spiro atoms. The normalized spacial score (nSPS) is 23.0. The summed E-state index contributed by atoms with van der Waals surface area (Å²) in [6.07, 6.45) is -4.20. The largest absolute Gasteiger partial charge is 0.374 e. The van der Waals surface area contributed by atoms with E-state index in [-0.39, 0.29) is 26.4 Å². The molecule has 0 aliphatic carbocycles. The van der Waals surface area contributed by atoms with Crippen LogP contribution in [0.1, 0.15) is 22.3 Å². The fraction of sp³-hybridized carbons (Fsp3) is 0.351. The molecule has 47 heavy (non-hydrogen) atoms. The topological polar surface area (TPSA) is 102 Å². The Morgan fingerprint density at radius 3 is 1.47 bits per heavy atom. The summed E-state index contributed by atoms with van der Waals surface area (Å²) in [6.45, 7) is 0.906. The second-order valence-electron chi connectivity index (χ2n) is 11.4. The third-order valence-corrected chi connectivity index (χ3v) is 9.95. The monoisotopic (exact) mass is 662 g/mol. The van der Waals surface area contributed by atoms with Gasteiger partial charge in [0.1, 0.15) is 30.6 Å². The predicted molar refractivity (Wildman–Crippen MR) is 177 cm³/mol. The molecule has 9 nitrogen and oxygen atoms in total. The zero-order chi connectivity index (χ0) is 33.0. The van der Waals surface area contributed by atoms with E-state index in [4.69, 9.17) is 32.7 Å². The van der Waals surface area contributed by atoms with Crippen molar-refractivity contribution in [3.05, 3.63) is 144 Å². The minimum Gasteiger partial charge on any atom is -0.374 e. The molecule has 10 heteroatoms. The summed E-state index contributed by atoms with van der Waals surface area (Å²) in [4.78, 5) is 0. The van der Waals surface area contributed by atoms with E-state index < -0.39 is 44.0 Å². The predicted octanol–water partition coefficient (Wildman–Crippen LogP) is 6.53. The molecule has 5 rings (SSSR count). The van der Waals surface area contributed by atoms with Gasteiger partial charge in [-0.3, -0.25) is 4.57 Å². The van der Waals surface area contributed by atoms with Gasteiger partial charge in [0, 0.05) is 14.2 Å². The van der Waals surface area contributed by atoms with Gasteiger partial charge in [-0.25, -0.2) is 0 Å². The van der Waals surface area contributed by atoms with E-state index >= 15 is 0 Å². The van der Waals surface area contributed by atoms with Gasteiger partial charge in [0.25, 0.3) is 0 Å². The highest BCUT2D eigenvalue weighted by atomic mass is 31.2. The van der Waals surface area contributed by atoms with Crippen LogP contribution < -0.4 is 0 Å². The molecule has 0 saturated carbocycles. The lowest BCUT2D eigenvalue weighted by atomic mass is 9.92. The molecule has 0 unspecified atom stereocenters. The van der Waals surface area contributed by atoms with Gasteiger partial charge in [0.2, 0.25) is 5.79 Å². The summed E-state index contributed by atoms with van der Waals surface area (Å²) in [7, 11) is -1.29. The standard InChI is InChI=1S/C37H43O9P/c1-40-47(39,41-2)28-37(38)36(45-26-32-21-13-6-14-22-32)35(44-25-31-19-11-5-12-20-31)34(43-24-30-17-9-4-10-18-30)33(46-37)27-42-23-29-15-7-3-8-16-29/h3-22,33-36,38H,23-28H2,1-2H3/t33-,34-,35+,36+,37+/m1/s1. The van der Waals surface area contributed by atoms with E-state index in [2.05, 4.69) is 0 Å². The number of benzene rings is 4. The molecule has 250 valence electrons. The van der Waals surface area contributed by atoms with Crippen LogP contribution >= 0.6 is 7.60 Å². The average Bonchev–Trinajstić information content (AvgIpc) is 3.11. The van der Waals surface area contributed by atoms with E-state index in [0.717, 1.165) is 22.3 Å². The van der Waals surface area contributed by atoms with Gasteiger partial charge < -0.3 is 37.8 Å². The van der Waals surface area contributed by atoms with Crippen LogP contribution in [0.15, 0.2) is 121 Å². The first-order valence-corrected chi connectivity index (χ1v) is 17.3. The van der Waals surface area contributed by atoms with Crippen molar-refractivity contribution in [1.82, 2.24) is 0 Å².